The number of nitrogens with one attached hydrogen (secondary N) is 1. The molecule has 0 bridgehead atoms. The van der Waals surface area contributed by atoms with E-state index in [4.69, 9.17) is 16.3 Å². The molecule has 1 N–H and O–H groups in total. The van der Waals surface area contributed by atoms with Crippen LogP contribution >= 0.6 is 11.6 Å². The Kier molecular flexibility index (Phi) is 6.07. The zero-order chi connectivity index (χ0) is 25.9. The lowest BCUT2D eigenvalue weighted by atomic mass is 9.74. The highest BCUT2D eigenvalue weighted by atomic mass is 35.5. The van der Waals surface area contributed by atoms with E-state index in [2.05, 4.69) is 5.32 Å². The third kappa shape index (κ3) is 4.58. The second kappa shape index (κ2) is 8.40. The van der Waals surface area contributed by atoms with Crippen molar-refractivity contribution in [3.63, 3.8) is 0 Å². The normalized spacial score (nSPS) is 17.1. The summed E-state index contributed by atoms with van der Waals surface area (Å²) in [5.41, 5.74) is -4.89. The van der Waals surface area contributed by atoms with E-state index in [9.17, 15) is 39.9 Å². The molecule has 2 aromatic rings. The zero-order valence-electron chi connectivity index (χ0n) is 17.8. The summed E-state index contributed by atoms with van der Waals surface area (Å²) in [4.78, 5) is 14.4. The minimum atomic E-state index is -5.32. The first kappa shape index (κ1) is 25.3. The van der Waals surface area contributed by atoms with E-state index in [0.717, 1.165) is 19.2 Å². The van der Waals surface area contributed by atoms with Gasteiger partial charge in [-0.3, -0.25) is 4.90 Å². The molecule has 0 aliphatic carbocycles. The van der Waals surface area contributed by atoms with Gasteiger partial charge in [-0.2, -0.15) is 26.3 Å². The highest BCUT2D eigenvalue weighted by Crippen LogP contribution is 2.49. The molecule has 35 heavy (non-hydrogen) atoms. The summed E-state index contributed by atoms with van der Waals surface area (Å²) < 4.78 is 114. The molecule has 0 atom stereocenters. The third-order valence-electron chi connectivity index (χ3n) is 5.93. The largest absolute Gasteiger partial charge is 0.420 e. The SMILES string of the molecule is CN(C(=O)Oc1c(N2CC3(CNC3)C2)cc(C(F)(F)F)cc1C(F)(F)F)c1ccc(F)c(Cl)c1F. The van der Waals surface area contributed by atoms with E-state index in [1.165, 1.54) is 4.90 Å². The number of amides is 1. The van der Waals surface area contributed by atoms with Crippen LogP contribution in [0.2, 0.25) is 5.02 Å². The number of carbonyl (C=O) groups is 1. The van der Waals surface area contributed by atoms with Gasteiger partial charge in [0.15, 0.2) is 11.6 Å². The van der Waals surface area contributed by atoms with Crippen molar-refractivity contribution in [1.82, 2.24) is 5.32 Å². The quantitative estimate of drug-likeness (QED) is 0.409. The first-order chi connectivity index (χ1) is 16.1. The van der Waals surface area contributed by atoms with Gasteiger partial charge in [0.1, 0.15) is 16.4 Å². The average molecular weight is 530 g/mol. The van der Waals surface area contributed by atoms with Crippen LogP contribution in [0.1, 0.15) is 11.1 Å². The summed E-state index contributed by atoms with van der Waals surface area (Å²) in [7, 11) is 0.921. The highest BCUT2D eigenvalue weighted by molar-refractivity contribution is 6.31. The van der Waals surface area contributed by atoms with Gasteiger partial charge in [-0.15, -0.1) is 0 Å². The van der Waals surface area contributed by atoms with Crippen LogP contribution in [0.3, 0.4) is 0 Å². The predicted octanol–water partition coefficient (Wildman–Crippen LogP) is 5.70. The monoisotopic (exact) mass is 529 g/mol. The molecule has 2 saturated heterocycles. The van der Waals surface area contributed by atoms with Crippen molar-refractivity contribution in [1.29, 1.82) is 0 Å². The first-order valence-corrected chi connectivity index (χ1v) is 10.4. The molecule has 2 aliphatic rings. The van der Waals surface area contributed by atoms with E-state index >= 15 is 0 Å². The maximum atomic E-state index is 14.3. The Morgan fingerprint density at radius 2 is 1.71 bits per heavy atom. The molecule has 1 amide bonds. The summed E-state index contributed by atoms with van der Waals surface area (Å²) in [6.07, 6.45) is -12.0. The van der Waals surface area contributed by atoms with Gasteiger partial charge in [0.2, 0.25) is 0 Å². The van der Waals surface area contributed by atoms with Crippen LogP contribution in [0.15, 0.2) is 24.3 Å². The number of carbonyl (C=O) groups excluding carboxylic acids is 1. The highest BCUT2D eigenvalue weighted by Gasteiger charge is 2.50. The van der Waals surface area contributed by atoms with Crippen molar-refractivity contribution in [2.75, 3.05) is 43.0 Å². The number of benzene rings is 2. The van der Waals surface area contributed by atoms with Crippen LogP contribution in [-0.4, -0.2) is 39.3 Å². The summed E-state index contributed by atoms with van der Waals surface area (Å²) >= 11 is 5.48. The van der Waals surface area contributed by atoms with Gasteiger partial charge in [0.25, 0.3) is 0 Å². The molecule has 2 aliphatic heterocycles. The maximum Gasteiger partial charge on any atom is 0.420 e. The molecule has 2 fully saturated rings. The number of hydrogen-bond acceptors (Lipinski definition) is 4. The van der Waals surface area contributed by atoms with Crippen molar-refractivity contribution in [2.24, 2.45) is 5.41 Å². The van der Waals surface area contributed by atoms with Gasteiger partial charge < -0.3 is 15.0 Å². The number of rotatable bonds is 3. The molecule has 190 valence electrons. The van der Waals surface area contributed by atoms with E-state index < -0.39 is 63.4 Å². The van der Waals surface area contributed by atoms with Gasteiger partial charge >= 0.3 is 18.4 Å². The Bertz CT molecular complexity index is 1170. The molecule has 14 heteroatoms. The van der Waals surface area contributed by atoms with Crippen molar-refractivity contribution >= 4 is 29.1 Å². The number of hydrogen-bond donors (Lipinski definition) is 1. The summed E-state index contributed by atoms with van der Waals surface area (Å²) in [6.45, 7) is 1.36. The molecule has 5 nitrogen and oxygen atoms in total. The van der Waals surface area contributed by atoms with Crippen molar-refractivity contribution in [3.8, 4) is 5.75 Å². The first-order valence-electron chi connectivity index (χ1n) is 10.0. The minimum Gasteiger partial charge on any atom is -0.407 e. The molecule has 0 radical (unpaired) electrons. The molecule has 0 aromatic heterocycles. The fourth-order valence-electron chi connectivity index (χ4n) is 3.99. The van der Waals surface area contributed by atoms with Crippen LogP contribution in [0.25, 0.3) is 0 Å². The predicted molar refractivity (Wildman–Crippen MR) is 110 cm³/mol. The Hall–Kier alpha value is -2.80. The average Bonchev–Trinajstić information content (AvgIpc) is 2.68. The number of anilines is 2. The molecular formula is C21H16ClF8N3O2. The second-order valence-corrected chi connectivity index (χ2v) is 8.83. The topological polar surface area (TPSA) is 44.8 Å². The van der Waals surface area contributed by atoms with Crippen molar-refractivity contribution in [3.05, 3.63) is 52.0 Å². The van der Waals surface area contributed by atoms with Crippen LogP contribution in [-0.2, 0) is 12.4 Å². The molecule has 4 rings (SSSR count). The van der Waals surface area contributed by atoms with Gasteiger partial charge in [-0.25, -0.2) is 13.6 Å². The second-order valence-electron chi connectivity index (χ2n) is 8.45. The number of alkyl halides is 6. The third-order valence-corrected chi connectivity index (χ3v) is 6.28. The number of halogens is 9. The lowest BCUT2D eigenvalue weighted by Crippen LogP contribution is -2.71. The Morgan fingerprint density at radius 3 is 2.23 bits per heavy atom. The lowest BCUT2D eigenvalue weighted by Gasteiger charge is -2.57. The summed E-state index contributed by atoms with van der Waals surface area (Å²) in [5, 5.41) is 2.02. The van der Waals surface area contributed by atoms with Gasteiger partial charge in [0, 0.05) is 38.6 Å². The Morgan fingerprint density at radius 1 is 1.09 bits per heavy atom. The zero-order valence-corrected chi connectivity index (χ0v) is 18.5. The van der Waals surface area contributed by atoms with E-state index in [1.54, 1.807) is 0 Å². The molecule has 1 spiro atoms. The maximum absolute atomic E-state index is 14.3. The fraction of sp³-hybridized carbons (Fsp3) is 0.381. The number of ether oxygens (including phenoxy) is 1. The van der Waals surface area contributed by atoms with E-state index in [0.29, 0.717) is 24.1 Å². The van der Waals surface area contributed by atoms with Crippen molar-refractivity contribution < 1.29 is 44.7 Å². The van der Waals surface area contributed by atoms with Crippen LogP contribution < -0.4 is 19.9 Å². The number of nitrogens with zero attached hydrogens (tertiary/aromatic N) is 2. The molecule has 0 unspecified atom stereocenters. The van der Waals surface area contributed by atoms with Crippen LogP contribution in [0, 0.1) is 17.0 Å². The standard InChI is InChI=1S/C21H16ClF8N3O2/c1-32(13-3-2-12(23)15(22)16(13)24)18(34)35-17-11(21(28,29)30)4-10(20(25,26)27)5-14(17)33-8-19(9-33)6-31-7-19/h2-5,31H,6-9H2,1H3. The van der Waals surface area contributed by atoms with Gasteiger partial charge in [-0.05, 0) is 24.3 Å². The van der Waals surface area contributed by atoms with Crippen molar-refractivity contribution in [2.45, 2.75) is 12.4 Å². The molecular weight excluding hydrogens is 514 g/mol. The fourth-order valence-corrected chi connectivity index (χ4v) is 4.15. The lowest BCUT2D eigenvalue weighted by molar-refractivity contribution is -0.143. The summed E-state index contributed by atoms with van der Waals surface area (Å²) in [5.74, 6) is -3.67. The van der Waals surface area contributed by atoms with Gasteiger partial charge in [0.05, 0.1) is 16.9 Å². The van der Waals surface area contributed by atoms with Crippen LogP contribution in [0.4, 0.5) is 51.3 Å². The Balaban J connectivity index is 1.76. The van der Waals surface area contributed by atoms with E-state index in [-0.39, 0.29) is 24.6 Å². The Labute approximate surface area is 198 Å². The molecule has 2 aromatic carbocycles. The summed E-state index contributed by atoms with van der Waals surface area (Å²) in [6, 6.07) is 1.86. The van der Waals surface area contributed by atoms with Crippen LogP contribution in [0.5, 0.6) is 5.75 Å². The molecule has 2 heterocycles. The van der Waals surface area contributed by atoms with Gasteiger partial charge in [-0.1, -0.05) is 11.6 Å². The molecule has 0 saturated carbocycles. The smallest absolute Gasteiger partial charge is 0.407 e. The minimum absolute atomic E-state index is 0.140. The van der Waals surface area contributed by atoms with E-state index in [1.807, 2.05) is 0 Å².